The first-order chi connectivity index (χ1) is 8.69. The van der Waals surface area contributed by atoms with Gasteiger partial charge in [0.05, 0.1) is 13.2 Å². The lowest BCUT2D eigenvalue weighted by Gasteiger charge is -2.24. The standard InChI is InChI=1S/C13H23NO4/c1-2-3-4-18-7-12(17)14-5-10-11(6-14)13(10,8-15)9-16/h10-11,15-16H,2-9H2,1H3. The number of aliphatic hydroxyl groups is 2. The van der Waals surface area contributed by atoms with Gasteiger partial charge in [-0.1, -0.05) is 13.3 Å². The smallest absolute Gasteiger partial charge is 0.248 e. The highest BCUT2D eigenvalue weighted by molar-refractivity contribution is 5.78. The van der Waals surface area contributed by atoms with E-state index in [1.807, 2.05) is 0 Å². The van der Waals surface area contributed by atoms with Crippen molar-refractivity contribution in [3.8, 4) is 0 Å². The molecule has 1 amide bonds. The predicted octanol–water partition coefficient (Wildman–Crippen LogP) is -0.138. The van der Waals surface area contributed by atoms with Crippen molar-refractivity contribution in [2.75, 3.05) is 39.5 Å². The summed E-state index contributed by atoms with van der Waals surface area (Å²) in [7, 11) is 0. The molecule has 18 heavy (non-hydrogen) atoms. The summed E-state index contributed by atoms with van der Waals surface area (Å²) in [5, 5.41) is 18.6. The van der Waals surface area contributed by atoms with Crippen LogP contribution in [0.4, 0.5) is 0 Å². The van der Waals surface area contributed by atoms with E-state index in [0.717, 1.165) is 12.8 Å². The van der Waals surface area contributed by atoms with Crippen LogP contribution in [0.3, 0.4) is 0 Å². The zero-order valence-corrected chi connectivity index (χ0v) is 11.0. The van der Waals surface area contributed by atoms with Gasteiger partial charge in [-0.2, -0.15) is 0 Å². The van der Waals surface area contributed by atoms with Gasteiger partial charge in [0.25, 0.3) is 0 Å². The third kappa shape index (κ3) is 2.27. The van der Waals surface area contributed by atoms with E-state index in [1.54, 1.807) is 4.90 Å². The maximum absolute atomic E-state index is 11.8. The number of nitrogens with zero attached hydrogens (tertiary/aromatic N) is 1. The van der Waals surface area contributed by atoms with Crippen LogP contribution in [-0.2, 0) is 9.53 Å². The zero-order valence-electron chi connectivity index (χ0n) is 11.0. The van der Waals surface area contributed by atoms with Crippen LogP contribution >= 0.6 is 0 Å². The van der Waals surface area contributed by atoms with Crippen molar-refractivity contribution >= 4 is 5.91 Å². The van der Waals surface area contributed by atoms with E-state index in [2.05, 4.69) is 6.92 Å². The number of carbonyl (C=O) groups excluding carboxylic acids is 1. The summed E-state index contributed by atoms with van der Waals surface area (Å²) in [5.74, 6) is 0.572. The third-order valence-electron chi connectivity index (χ3n) is 4.50. The van der Waals surface area contributed by atoms with Crippen molar-refractivity contribution in [3.05, 3.63) is 0 Å². The van der Waals surface area contributed by atoms with E-state index in [9.17, 15) is 15.0 Å². The van der Waals surface area contributed by atoms with Gasteiger partial charge in [-0.05, 0) is 18.3 Å². The summed E-state index contributed by atoms with van der Waals surface area (Å²) >= 11 is 0. The molecule has 0 aromatic heterocycles. The molecule has 5 nitrogen and oxygen atoms in total. The molecule has 5 heteroatoms. The van der Waals surface area contributed by atoms with E-state index in [4.69, 9.17) is 4.74 Å². The second-order valence-electron chi connectivity index (χ2n) is 5.47. The molecule has 1 aliphatic carbocycles. The Bertz CT molecular complexity index is 289. The van der Waals surface area contributed by atoms with E-state index in [0.29, 0.717) is 19.7 Å². The first kappa shape index (κ1) is 13.8. The van der Waals surface area contributed by atoms with Crippen LogP contribution in [0.25, 0.3) is 0 Å². The van der Waals surface area contributed by atoms with E-state index in [-0.39, 0.29) is 43.0 Å². The lowest BCUT2D eigenvalue weighted by atomic mass is 10.0. The fraction of sp³-hybridized carbons (Fsp3) is 0.923. The predicted molar refractivity (Wildman–Crippen MR) is 65.9 cm³/mol. The Balaban J connectivity index is 1.71. The van der Waals surface area contributed by atoms with Gasteiger partial charge >= 0.3 is 0 Å². The van der Waals surface area contributed by atoms with Gasteiger partial charge in [0.1, 0.15) is 6.61 Å². The van der Waals surface area contributed by atoms with Crippen molar-refractivity contribution in [2.24, 2.45) is 17.3 Å². The molecule has 2 rings (SSSR count). The summed E-state index contributed by atoms with van der Waals surface area (Å²) in [5.41, 5.74) is -0.320. The molecule has 1 saturated heterocycles. The summed E-state index contributed by atoms with van der Waals surface area (Å²) < 4.78 is 5.31. The molecule has 2 N–H and O–H groups in total. The summed E-state index contributed by atoms with van der Waals surface area (Å²) in [4.78, 5) is 13.6. The minimum atomic E-state index is -0.320. The summed E-state index contributed by atoms with van der Waals surface area (Å²) in [6.45, 7) is 4.23. The quantitative estimate of drug-likeness (QED) is 0.623. The van der Waals surface area contributed by atoms with Crippen molar-refractivity contribution in [3.63, 3.8) is 0 Å². The van der Waals surface area contributed by atoms with Crippen molar-refractivity contribution in [1.29, 1.82) is 0 Å². The second kappa shape index (κ2) is 5.55. The summed E-state index contributed by atoms with van der Waals surface area (Å²) in [6.07, 6.45) is 2.05. The lowest BCUT2D eigenvalue weighted by Crippen LogP contribution is -2.38. The van der Waals surface area contributed by atoms with Crippen molar-refractivity contribution in [1.82, 2.24) is 4.90 Å². The number of aliphatic hydroxyl groups excluding tert-OH is 2. The number of likely N-dealkylation sites (tertiary alicyclic amines) is 1. The molecule has 0 aromatic rings. The number of fused-ring (bicyclic) bond motifs is 1. The SMILES string of the molecule is CCCCOCC(=O)N1CC2C(C1)C2(CO)CO. The Labute approximate surface area is 108 Å². The van der Waals surface area contributed by atoms with Crippen LogP contribution in [-0.4, -0.2) is 60.5 Å². The zero-order chi connectivity index (χ0) is 13.2. The molecular formula is C13H23NO4. The average molecular weight is 257 g/mol. The monoisotopic (exact) mass is 257 g/mol. The number of rotatable bonds is 7. The molecule has 2 aliphatic rings. The molecule has 0 bridgehead atoms. The van der Waals surface area contributed by atoms with Gasteiger partial charge in [-0.15, -0.1) is 0 Å². The second-order valence-corrected chi connectivity index (χ2v) is 5.47. The fourth-order valence-corrected chi connectivity index (χ4v) is 3.06. The highest BCUT2D eigenvalue weighted by atomic mass is 16.5. The molecule has 1 heterocycles. The van der Waals surface area contributed by atoms with Crippen LogP contribution in [0, 0.1) is 17.3 Å². The first-order valence-electron chi connectivity index (χ1n) is 6.76. The minimum absolute atomic E-state index is 0.0217. The van der Waals surface area contributed by atoms with Crippen LogP contribution < -0.4 is 0 Å². The molecule has 0 aromatic carbocycles. The number of unbranched alkanes of at least 4 members (excludes halogenated alkanes) is 1. The molecule has 104 valence electrons. The highest BCUT2D eigenvalue weighted by Crippen LogP contribution is 2.61. The van der Waals surface area contributed by atoms with Crippen molar-refractivity contribution < 1.29 is 19.7 Å². The van der Waals surface area contributed by atoms with Crippen LogP contribution in [0.2, 0.25) is 0 Å². The van der Waals surface area contributed by atoms with E-state index < -0.39 is 0 Å². The fourth-order valence-electron chi connectivity index (χ4n) is 3.06. The Kier molecular flexibility index (Phi) is 4.25. The highest BCUT2D eigenvalue weighted by Gasteiger charge is 2.67. The normalized spacial score (nSPS) is 28.3. The van der Waals surface area contributed by atoms with Gasteiger partial charge in [-0.25, -0.2) is 0 Å². The minimum Gasteiger partial charge on any atom is -0.396 e. The summed E-state index contributed by atoms with van der Waals surface area (Å²) in [6, 6.07) is 0. The van der Waals surface area contributed by atoms with Crippen LogP contribution in [0.1, 0.15) is 19.8 Å². The number of hydrogen-bond acceptors (Lipinski definition) is 4. The average Bonchev–Trinajstić information content (AvgIpc) is 2.76. The molecular weight excluding hydrogens is 234 g/mol. The van der Waals surface area contributed by atoms with Gasteiger partial charge in [0, 0.05) is 25.1 Å². The molecule has 2 atom stereocenters. The largest absolute Gasteiger partial charge is 0.396 e. The third-order valence-corrected chi connectivity index (χ3v) is 4.50. The van der Waals surface area contributed by atoms with Crippen LogP contribution in [0.5, 0.6) is 0 Å². The maximum Gasteiger partial charge on any atom is 0.248 e. The molecule has 1 aliphatic heterocycles. The molecule has 1 saturated carbocycles. The van der Waals surface area contributed by atoms with E-state index in [1.165, 1.54) is 0 Å². The number of ether oxygens (including phenoxy) is 1. The van der Waals surface area contributed by atoms with E-state index >= 15 is 0 Å². The van der Waals surface area contributed by atoms with Crippen LogP contribution in [0.15, 0.2) is 0 Å². The number of piperidine rings is 1. The Morgan fingerprint density at radius 3 is 2.44 bits per heavy atom. The number of carbonyl (C=O) groups is 1. The molecule has 2 fully saturated rings. The van der Waals surface area contributed by atoms with Crippen molar-refractivity contribution in [2.45, 2.75) is 19.8 Å². The Morgan fingerprint density at radius 2 is 1.94 bits per heavy atom. The lowest BCUT2D eigenvalue weighted by molar-refractivity contribution is -0.136. The maximum atomic E-state index is 11.8. The Hall–Kier alpha value is -0.650. The Morgan fingerprint density at radius 1 is 1.33 bits per heavy atom. The van der Waals surface area contributed by atoms with Gasteiger partial charge < -0.3 is 19.8 Å². The van der Waals surface area contributed by atoms with Gasteiger partial charge in [0.15, 0.2) is 0 Å². The molecule has 0 spiro atoms. The molecule has 0 radical (unpaired) electrons. The number of amides is 1. The topological polar surface area (TPSA) is 70.0 Å². The van der Waals surface area contributed by atoms with Gasteiger partial charge in [0.2, 0.25) is 5.91 Å². The number of hydrogen-bond donors (Lipinski definition) is 2. The van der Waals surface area contributed by atoms with Gasteiger partial charge in [-0.3, -0.25) is 4.79 Å². The first-order valence-corrected chi connectivity index (χ1v) is 6.76. The molecule has 2 unspecified atom stereocenters.